The highest BCUT2D eigenvalue weighted by Crippen LogP contribution is 2.24. The highest BCUT2D eigenvalue weighted by molar-refractivity contribution is 5.26. The maximum Gasteiger partial charge on any atom is 0.121 e. The first-order valence-electron chi connectivity index (χ1n) is 9.07. The Balaban J connectivity index is 1.43. The van der Waals surface area contributed by atoms with Gasteiger partial charge in [0.25, 0.3) is 0 Å². The summed E-state index contributed by atoms with van der Waals surface area (Å²) in [5.41, 5.74) is 1.12. The Labute approximate surface area is 155 Å². The first-order valence-corrected chi connectivity index (χ1v) is 9.07. The van der Waals surface area contributed by atoms with Gasteiger partial charge >= 0.3 is 0 Å². The van der Waals surface area contributed by atoms with Gasteiger partial charge in [0.05, 0.1) is 32.5 Å². The highest BCUT2D eigenvalue weighted by Gasteiger charge is 2.30. The zero-order valence-corrected chi connectivity index (χ0v) is 15.2. The summed E-state index contributed by atoms with van der Waals surface area (Å²) in [6.45, 7) is 4.94. The minimum atomic E-state index is -0.120. The Kier molecular flexibility index (Phi) is 6.90. The van der Waals surface area contributed by atoms with Crippen molar-refractivity contribution in [3.8, 4) is 17.6 Å². The Morgan fingerprint density at radius 1 is 1.23 bits per heavy atom. The molecule has 1 aromatic carbocycles. The molecule has 4 atom stereocenters. The number of benzene rings is 1. The van der Waals surface area contributed by atoms with Gasteiger partial charge in [0.15, 0.2) is 0 Å². The van der Waals surface area contributed by atoms with E-state index in [9.17, 15) is 0 Å². The van der Waals surface area contributed by atoms with Crippen LogP contribution in [0.3, 0.4) is 0 Å². The molecule has 0 fully saturated rings. The molecular weight excluding hydrogens is 328 g/mol. The van der Waals surface area contributed by atoms with Gasteiger partial charge in [-0.15, -0.1) is 6.58 Å². The first kappa shape index (κ1) is 18.7. The van der Waals surface area contributed by atoms with E-state index in [1.54, 1.807) is 7.11 Å². The van der Waals surface area contributed by atoms with Gasteiger partial charge < -0.3 is 18.9 Å². The molecule has 3 rings (SSSR count). The Morgan fingerprint density at radius 3 is 2.85 bits per heavy atom. The number of fused-ring (bicyclic) bond motifs is 1. The normalized spacial score (nSPS) is 27.0. The quantitative estimate of drug-likeness (QED) is 0.406. The smallest absolute Gasteiger partial charge is 0.121 e. The zero-order valence-electron chi connectivity index (χ0n) is 15.2. The van der Waals surface area contributed by atoms with Gasteiger partial charge in [-0.1, -0.05) is 42.2 Å². The fourth-order valence-electron chi connectivity index (χ4n) is 3.04. The van der Waals surface area contributed by atoms with Crippen LogP contribution in [0.1, 0.15) is 24.8 Å². The van der Waals surface area contributed by atoms with Crippen LogP contribution < -0.4 is 4.74 Å². The Morgan fingerprint density at radius 2 is 2.08 bits per heavy atom. The second-order valence-corrected chi connectivity index (χ2v) is 6.43. The molecular formula is C22H26O4. The molecule has 0 spiro atoms. The molecule has 0 bridgehead atoms. The predicted molar refractivity (Wildman–Crippen MR) is 101 cm³/mol. The predicted octanol–water partition coefficient (Wildman–Crippen LogP) is 3.66. The average Bonchev–Trinajstić information content (AvgIpc) is 2.87. The van der Waals surface area contributed by atoms with E-state index in [1.165, 1.54) is 0 Å². The molecule has 0 amide bonds. The second kappa shape index (κ2) is 9.59. The van der Waals surface area contributed by atoms with E-state index in [0.717, 1.165) is 24.2 Å². The summed E-state index contributed by atoms with van der Waals surface area (Å²) in [6, 6.07) is 7.89. The van der Waals surface area contributed by atoms with Crippen LogP contribution in [0.2, 0.25) is 0 Å². The molecule has 2 aliphatic heterocycles. The van der Waals surface area contributed by atoms with Gasteiger partial charge in [0.2, 0.25) is 0 Å². The molecule has 0 aromatic heterocycles. The Bertz CT molecular complexity index is 668. The fourth-order valence-corrected chi connectivity index (χ4v) is 3.04. The van der Waals surface area contributed by atoms with Crippen molar-refractivity contribution in [3.05, 3.63) is 54.6 Å². The standard InChI is InChI=1S/C22H26O4/c1-3-5-19-12-13-22-21(25-19)7-4-6-20(26-22)14-15-24-16-17-8-10-18(23-2)11-9-17/h3,8-13,19-22H,1,5,7,14-16H2,2H3/t19-,20+,21-,22+/m1/s1. The fraction of sp³-hybridized carbons (Fsp3) is 0.455. The van der Waals surface area contributed by atoms with Crippen LogP contribution in [0.15, 0.2) is 49.1 Å². The molecule has 0 saturated carbocycles. The lowest BCUT2D eigenvalue weighted by atomic mass is 10.0. The molecule has 2 aliphatic rings. The van der Waals surface area contributed by atoms with E-state index in [2.05, 4.69) is 30.6 Å². The molecule has 0 aliphatic carbocycles. The molecule has 4 heteroatoms. The van der Waals surface area contributed by atoms with E-state index in [1.807, 2.05) is 30.3 Å². The number of methoxy groups -OCH3 is 1. The third-order valence-electron chi connectivity index (χ3n) is 4.47. The van der Waals surface area contributed by atoms with Crippen molar-refractivity contribution in [2.24, 2.45) is 0 Å². The number of hydrogen-bond acceptors (Lipinski definition) is 4. The molecule has 0 radical (unpaired) electrons. The van der Waals surface area contributed by atoms with Gasteiger partial charge in [-0.2, -0.15) is 0 Å². The lowest BCUT2D eigenvalue weighted by molar-refractivity contribution is -0.0923. The van der Waals surface area contributed by atoms with E-state index in [4.69, 9.17) is 18.9 Å². The molecule has 26 heavy (non-hydrogen) atoms. The lowest BCUT2D eigenvalue weighted by Gasteiger charge is -2.31. The van der Waals surface area contributed by atoms with Crippen molar-refractivity contribution in [1.82, 2.24) is 0 Å². The van der Waals surface area contributed by atoms with Crippen LogP contribution in [0.5, 0.6) is 5.75 Å². The largest absolute Gasteiger partial charge is 0.497 e. The van der Waals surface area contributed by atoms with Gasteiger partial charge in [-0.3, -0.25) is 0 Å². The number of ether oxygens (including phenoxy) is 4. The summed E-state index contributed by atoms with van der Waals surface area (Å²) in [6.07, 6.45) is 8.22. The molecule has 0 saturated heterocycles. The molecule has 4 nitrogen and oxygen atoms in total. The maximum absolute atomic E-state index is 6.12. The van der Waals surface area contributed by atoms with Crippen molar-refractivity contribution in [1.29, 1.82) is 0 Å². The molecule has 2 heterocycles. The van der Waals surface area contributed by atoms with Crippen LogP contribution in [0.4, 0.5) is 0 Å². The summed E-state index contributed by atoms with van der Waals surface area (Å²) in [4.78, 5) is 0. The van der Waals surface area contributed by atoms with Gasteiger partial charge in [-0.05, 0) is 24.1 Å². The summed E-state index contributed by atoms with van der Waals surface area (Å²) >= 11 is 0. The van der Waals surface area contributed by atoms with E-state index in [0.29, 0.717) is 19.6 Å². The summed E-state index contributed by atoms with van der Waals surface area (Å²) in [7, 11) is 1.66. The van der Waals surface area contributed by atoms with E-state index in [-0.39, 0.29) is 24.4 Å². The third-order valence-corrected chi connectivity index (χ3v) is 4.47. The number of rotatable bonds is 8. The highest BCUT2D eigenvalue weighted by atomic mass is 16.6. The van der Waals surface area contributed by atoms with Crippen LogP contribution >= 0.6 is 0 Å². The van der Waals surface area contributed by atoms with Crippen LogP contribution in [0, 0.1) is 11.8 Å². The van der Waals surface area contributed by atoms with Crippen molar-refractivity contribution >= 4 is 0 Å². The van der Waals surface area contributed by atoms with Crippen molar-refractivity contribution in [2.45, 2.75) is 50.3 Å². The van der Waals surface area contributed by atoms with Gasteiger partial charge in [-0.25, -0.2) is 0 Å². The van der Waals surface area contributed by atoms with Crippen molar-refractivity contribution < 1.29 is 18.9 Å². The molecule has 138 valence electrons. The monoisotopic (exact) mass is 354 g/mol. The zero-order chi connectivity index (χ0) is 18.2. The topological polar surface area (TPSA) is 36.9 Å². The van der Waals surface area contributed by atoms with E-state index >= 15 is 0 Å². The van der Waals surface area contributed by atoms with Crippen molar-refractivity contribution in [3.63, 3.8) is 0 Å². The van der Waals surface area contributed by atoms with Crippen LogP contribution in [0.25, 0.3) is 0 Å². The molecule has 0 N–H and O–H groups in total. The Hall–Kier alpha value is -2.06. The molecule has 0 unspecified atom stereocenters. The second-order valence-electron chi connectivity index (χ2n) is 6.43. The van der Waals surface area contributed by atoms with Crippen LogP contribution in [-0.4, -0.2) is 38.1 Å². The van der Waals surface area contributed by atoms with E-state index < -0.39 is 0 Å². The lowest BCUT2D eigenvalue weighted by Crippen LogP contribution is -2.37. The number of hydrogen-bond donors (Lipinski definition) is 0. The SMILES string of the molecule is C=CC[C@@H]1C=C[C@@H]2O[C@H](CCOCc3ccc(OC)cc3)C#CC[C@H]2O1. The summed E-state index contributed by atoms with van der Waals surface area (Å²) < 4.78 is 23.1. The maximum atomic E-state index is 6.12. The first-order chi connectivity index (χ1) is 12.8. The summed E-state index contributed by atoms with van der Waals surface area (Å²) in [5, 5.41) is 0. The minimum Gasteiger partial charge on any atom is -0.497 e. The van der Waals surface area contributed by atoms with Gasteiger partial charge in [0, 0.05) is 12.8 Å². The third kappa shape index (κ3) is 5.22. The summed E-state index contributed by atoms with van der Waals surface area (Å²) in [5.74, 6) is 7.25. The minimum absolute atomic E-state index is 0.00247. The van der Waals surface area contributed by atoms with Gasteiger partial charge in [0.1, 0.15) is 18.0 Å². The van der Waals surface area contributed by atoms with Crippen molar-refractivity contribution in [2.75, 3.05) is 13.7 Å². The average molecular weight is 354 g/mol. The van der Waals surface area contributed by atoms with Crippen LogP contribution in [-0.2, 0) is 20.8 Å². The molecule has 1 aromatic rings.